The second-order valence-electron chi connectivity index (χ2n) is 6.91. The molecule has 5 nitrogen and oxygen atoms in total. The Bertz CT molecular complexity index is 1030. The van der Waals surface area contributed by atoms with E-state index in [2.05, 4.69) is 41.5 Å². The Morgan fingerprint density at radius 3 is 2.58 bits per heavy atom. The van der Waals surface area contributed by atoms with Crippen LogP contribution in [0.15, 0.2) is 66.1 Å². The van der Waals surface area contributed by atoms with Crippen molar-refractivity contribution >= 4 is 51.8 Å². The van der Waals surface area contributed by atoms with Gasteiger partial charge in [-0.1, -0.05) is 48.0 Å². The van der Waals surface area contributed by atoms with Crippen LogP contribution in [0.4, 0.5) is 10.8 Å². The van der Waals surface area contributed by atoms with Gasteiger partial charge in [0.25, 0.3) is 0 Å². The van der Waals surface area contributed by atoms with Crippen molar-refractivity contribution in [2.75, 3.05) is 17.2 Å². The van der Waals surface area contributed by atoms with Gasteiger partial charge in [-0.05, 0) is 30.7 Å². The molecule has 2 aromatic carbocycles. The molecule has 0 fully saturated rings. The lowest BCUT2D eigenvalue weighted by Gasteiger charge is -2.17. The zero-order valence-electron chi connectivity index (χ0n) is 17.6. The highest BCUT2D eigenvalue weighted by Gasteiger charge is 2.17. The van der Waals surface area contributed by atoms with Crippen molar-refractivity contribution < 1.29 is 9.59 Å². The minimum Gasteiger partial charge on any atom is -0.352 e. The fourth-order valence-corrected chi connectivity index (χ4v) is 4.47. The van der Waals surface area contributed by atoms with Gasteiger partial charge in [-0.3, -0.25) is 14.5 Å². The van der Waals surface area contributed by atoms with E-state index in [1.54, 1.807) is 22.7 Å². The van der Waals surface area contributed by atoms with E-state index in [0.717, 1.165) is 17.2 Å². The van der Waals surface area contributed by atoms with E-state index in [4.69, 9.17) is 0 Å². The summed E-state index contributed by atoms with van der Waals surface area (Å²) < 4.78 is 0. The first-order chi connectivity index (χ1) is 15.0. The van der Waals surface area contributed by atoms with Crippen LogP contribution in [0.5, 0.6) is 0 Å². The van der Waals surface area contributed by atoms with Crippen LogP contribution in [0.1, 0.15) is 23.7 Å². The monoisotopic (exact) mass is 451 g/mol. The SMILES string of the molecule is CC(=O)N(c1ccccc1)c1nc(/C=C/C(=O)NCCSCc2ccc(C)cc2)cs1. The molecule has 0 saturated heterocycles. The Kier molecular flexibility index (Phi) is 8.44. The lowest BCUT2D eigenvalue weighted by Crippen LogP contribution is -2.23. The largest absolute Gasteiger partial charge is 0.352 e. The van der Waals surface area contributed by atoms with Crippen LogP contribution in [0.25, 0.3) is 6.08 Å². The van der Waals surface area contributed by atoms with Gasteiger partial charge in [0, 0.05) is 36.4 Å². The molecule has 0 aliphatic carbocycles. The molecule has 0 aliphatic rings. The molecular formula is C24H25N3O2S2. The van der Waals surface area contributed by atoms with Crippen LogP contribution in [-0.2, 0) is 15.3 Å². The topological polar surface area (TPSA) is 62.3 Å². The molecular weight excluding hydrogens is 426 g/mol. The normalized spacial score (nSPS) is 10.9. The highest BCUT2D eigenvalue weighted by molar-refractivity contribution is 7.98. The Hall–Kier alpha value is -2.90. The Balaban J connectivity index is 1.46. The zero-order chi connectivity index (χ0) is 22.1. The summed E-state index contributed by atoms with van der Waals surface area (Å²) in [5.74, 6) is 1.51. The number of aromatic nitrogens is 1. The van der Waals surface area contributed by atoms with Gasteiger partial charge < -0.3 is 5.32 Å². The lowest BCUT2D eigenvalue weighted by molar-refractivity contribution is -0.117. The molecule has 0 radical (unpaired) electrons. The third-order valence-corrected chi connectivity index (χ3v) is 6.25. The van der Waals surface area contributed by atoms with Gasteiger partial charge in [0.15, 0.2) is 5.13 Å². The summed E-state index contributed by atoms with van der Waals surface area (Å²) in [6.07, 6.45) is 3.14. The van der Waals surface area contributed by atoms with Crippen LogP contribution >= 0.6 is 23.1 Å². The minimum atomic E-state index is -0.156. The molecule has 3 aromatic rings. The van der Waals surface area contributed by atoms with Gasteiger partial charge in [0.2, 0.25) is 11.8 Å². The number of carbonyl (C=O) groups excluding carboxylic acids is 2. The average Bonchev–Trinajstić information content (AvgIpc) is 3.22. The quantitative estimate of drug-likeness (QED) is 0.359. The predicted molar refractivity (Wildman–Crippen MR) is 131 cm³/mol. The summed E-state index contributed by atoms with van der Waals surface area (Å²) in [5.41, 5.74) is 3.96. The first-order valence-electron chi connectivity index (χ1n) is 9.93. The molecule has 0 spiro atoms. The molecule has 0 aliphatic heterocycles. The van der Waals surface area contributed by atoms with E-state index in [1.165, 1.54) is 35.5 Å². The van der Waals surface area contributed by atoms with Crippen molar-refractivity contribution in [3.8, 4) is 0 Å². The maximum absolute atomic E-state index is 12.1. The number of thioether (sulfide) groups is 1. The molecule has 1 heterocycles. The number of aryl methyl sites for hydroxylation is 1. The van der Waals surface area contributed by atoms with Crippen LogP contribution in [-0.4, -0.2) is 29.1 Å². The second-order valence-corrected chi connectivity index (χ2v) is 8.85. The third kappa shape index (κ3) is 7.08. The number of amides is 2. The lowest BCUT2D eigenvalue weighted by atomic mass is 10.2. The predicted octanol–water partition coefficient (Wildman–Crippen LogP) is 5.20. The van der Waals surface area contributed by atoms with Gasteiger partial charge in [0.1, 0.15) is 0 Å². The van der Waals surface area contributed by atoms with Crippen LogP contribution < -0.4 is 10.2 Å². The number of benzene rings is 2. The zero-order valence-corrected chi connectivity index (χ0v) is 19.2. The standard InChI is InChI=1S/C24H25N3O2S2/c1-18-8-10-20(11-9-18)16-30-15-14-25-23(29)13-12-21-17-31-24(26-21)27(19(2)28)22-6-4-3-5-7-22/h3-13,17H,14-16H2,1-2H3,(H,25,29)/b13-12+. The molecule has 2 amide bonds. The fourth-order valence-electron chi connectivity index (χ4n) is 2.80. The van der Waals surface area contributed by atoms with Crippen molar-refractivity contribution in [2.45, 2.75) is 19.6 Å². The Morgan fingerprint density at radius 2 is 1.87 bits per heavy atom. The van der Waals surface area contributed by atoms with Gasteiger partial charge in [-0.25, -0.2) is 4.98 Å². The molecule has 1 aromatic heterocycles. The maximum atomic E-state index is 12.1. The number of rotatable bonds is 9. The first-order valence-corrected chi connectivity index (χ1v) is 12.0. The fraction of sp³-hybridized carbons (Fsp3) is 0.208. The summed E-state index contributed by atoms with van der Waals surface area (Å²) >= 11 is 3.15. The van der Waals surface area contributed by atoms with E-state index in [9.17, 15) is 9.59 Å². The van der Waals surface area contributed by atoms with Gasteiger partial charge >= 0.3 is 0 Å². The number of nitrogens with one attached hydrogen (secondary N) is 1. The number of anilines is 2. The number of thiazole rings is 1. The van der Waals surface area contributed by atoms with Crippen molar-refractivity contribution in [1.82, 2.24) is 10.3 Å². The average molecular weight is 452 g/mol. The molecule has 0 atom stereocenters. The van der Waals surface area contributed by atoms with E-state index < -0.39 is 0 Å². The van der Waals surface area contributed by atoms with E-state index in [-0.39, 0.29) is 11.8 Å². The van der Waals surface area contributed by atoms with Crippen LogP contribution in [0.2, 0.25) is 0 Å². The van der Waals surface area contributed by atoms with Gasteiger partial charge in [-0.15, -0.1) is 11.3 Å². The summed E-state index contributed by atoms with van der Waals surface area (Å²) in [4.78, 5) is 30.2. The summed E-state index contributed by atoms with van der Waals surface area (Å²) in [7, 11) is 0. The number of para-hydroxylation sites is 1. The summed E-state index contributed by atoms with van der Waals surface area (Å²) in [6.45, 7) is 4.19. The van der Waals surface area contributed by atoms with E-state index in [1.807, 2.05) is 35.7 Å². The Labute approximate surface area is 191 Å². The molecule has 1 N–H and O–H groups in total. The van der Waals surface area contributed by atoms with E-state index >= 15 is 0 Å². The third-order valence-electron chi connectivity index (χ3n) is 4.37. The molecule has 160 valence electrons. The first kappa shape index (κ1) is 22.8. The molecule has 3 rings (SSSR count). The number of hydrogen-bond acceptors (Lipinski definition) is 5. The van der Waals surface area contributed by atoms with Crippen molar-refractivity contribution in [3.63, 3.8) is 0 Å². The second kappa shape index (κ2) is 11.5. The Morgan fingerprint density at radius 1 is 1.13 bits per heavy atom. The molecule has 31 heavy (non-hydrogen) atoms. The van der Waals surface area contributed by atoms with Crippen molar-refractivity contribution in [1.29, 1.82) is 0 Å². The number of hydrogen-bond donors (Lipinski definition) is 1. The van der Waals surface area contributed by atoms with Crippen LogP contribution in [0, 0.1) is 6.92 Å². The molecule has 0 unspecified atom stereocenters. The van der Waals surface area contributed by atoms with Gasteiger partial charge in [-0.2, -0.15) is 11.8 Å². The maximum Gasteiger partial charge on any atom is 0.244 e. The highest BCUT2D eigenvalue weighted by Crippen LogP contribution is 2.29. The van der Waals surface area contributed by atoms with Crippen LogP contribution in [0.3, 0.4) is 0 Å². The number of nitrogens with zero attached hydrogens (tertiary/aromatic N) is 2. The summed E-state index contributed by atoms with van der Waals surface area (Å²) in [5, 5.41) is 5.29. The smallest absolute Gasteiger partial charge is 0.244 e. The van der Waals surface area contributed by atoms with Gasteiger partial charge in [0.05, 0.1) is 11.4 Å². The summed E-state index contributed by atoms with van der Waals surface area (Å²) in [6, 6.07) is 17.9. The molecule has 0 bridgehead atoms. The minimum absolute atomic E-state index is 0.114. The molecule has 7 heteroatoms. The van der Waals surface area contributed by atoms with Crippen molar-refractivity contribution in [3.05, 3.63) is 82.9 Å². The molecule has 0 saturated carbocycles. The number of carbonyl (C=O) groups is 2. The van der Waals surface area contributed by atoms with E-state index in [0.29, 0.717) is 17.4 Å². The van der Waals surface area contributed by atoms with Crippen molar-refractivity contribution in [2.24, 2.45) is 0 Å². The highest BCUT2D eigenvalue weighted by atomic mass is 32.2.